The number of nitrogens with two attached hydrogens (primary N) is 1. The van der Waals surface area contributed by atoms with Crippen molar-refractivity contribution in [2.45, 2.75) is 6.42 Å². The number of hydrazone groups is 1. The summed E-state index contributed by atoms with van der Waals surface area (Å²) in [4.78, 5) is 41.0. The molecule has 0 saturated carbocycles. The molecule has 14 heteroatoms. The van der Waals surface area contributed by atoms with Gasteiger partial charge in [-0.15, -0.1) is 11.3 Å². The first-order valence-corrected chi connectivity index (χ1v) is 11.7. The molecule has 182 valence electrons. The van der Waals surface area contributed by atoms with Crippen molar-refractivity contribution < 1.29 is 23.9 Å². The normalized spacial score (nSPS) is 13.0. The molecule has 0 saturated heterocycles. The third kappa shape index (κ3) is 5.38. The van der Waals surface area contributed by atoms with Crippen LogP contribution in [-0.4, -0.2) is 35.2 Å². The number of fused-ring (bicyclic) bond motifs is 1. The average Bonchev–Trinajstić information content (AvgIpc) is 3.36. The largest absolute Gasteiger partial charge is 0.454 e. The molecule has 3 aromatic rings. The summed E-state index contributed by atoms with van der Waals surface area (Å²) in [6.45, 7) is 0.489. The fraction of sp³-hybridized carbons (Fsp3) is 0.0909. The molecular formula is C22H14Cl2N6O5S. The van der Waals surface area contributed by atoms with Gasteiger partial charge in [-0.05, 0) is 42.3 Å². The number of anilines is 2. The highest BCUT2D eigenvalue weighted by atomic mass is 35.5. The van der Waals surface area contributed by atoms with E-state index in [4.69, 9.17) is 38.9 Å². The lowest BCUT2D eigenvalue weighted by molar-refractivity contribution is -0.129. The van der Waals surface area contributed by atoms with E-state index in [1.165, 1.54) is 29.5 Å². The monoisotopic (exact) mass is 544 g/mol. The third-order valence-corrected chi connectivity index (χ3v) is 6.17. The number of aromatic nitrogens is 1. The van der Waals surface area contributed by atoms with Crippen LogP contribution in [0, 0.1) is 11.3 Å². The molecule has 3 N–H and O–H groups in total. The maximum atomic E-state index is 12.9. The first-order chi connectivity index (χ1) is 17.3. The van der Waals surface area contributed by atoms with Crippen molar-refractivity contribution >= 4 is 69.0 Å². The Morgan fingerprint density at radius 2 is 2.00 bits per heavy atom. The molecular weight excluding hydrogens is 531 g/mol. The molecule has 0 spiro atoms. The average molecular weight is 545 g/mol. The minimum absolute atomic E-state index is 0.0992. The maximum Gasteiger partial charge on any atom is 0.412 e. The highest BCUT2D eigenvalue weighted by Gasteiger charge is 2.27. The van der Waals surface area contributed by atoms with Crippen molar-refractivity contribution in [1.29, 1.82) is 5.26 Å². The Hall–Kier alpha value is -4.18. The zero-order valence-corrected chi connectivity index (χ0v) is 20.4. The molecule has 0 radical (unpaired) electrons. The summed E-state index contributed by atoms with van der Waals surface area (Å²) in [6.07, 6.45) is 0.888. The van der Waals surface area contributed by atoms with Crippen molar-refractivity contribution in [3.8, 4) is 17.6 Å². The third-order valence-electron chi connectivity index (χ3n) is 4.81. The standard InChI is InChI=1S/C22H14Cl2N6O5S/c23-15-8-12(28-29-17(10-25)20(32)35-21(26)33)9-16(24)18(15)34-13-1-2-14-11(7-13)3-5-30(19(14)31)22-27-4-6-36-22/h1-2,4,6-9,28H,3,5H2,(H2,26,33). The number of nitrogens with zero attached hydrogens (tertiary/aromatic N) is 4. The van der Waals surface area contributed by atoms with Crippen LogP contribution in [0.5, 0.6) is 11.5 Å². The fourth-order valence-corrected chi connectivity index (χ4v) is 4.51. The van der Waals surface area contributed by atoms with Gasteiger partial charge in [0.1, 0.15) is 11.8 Å². The Morgan fingerprint density at radius 1 is 1.25 bits per heavy atom. The van der Waals surface area contributed by atoms with Gasteiger partial charge in [0.2, 0.25) is 5.71 Å². The van der Waals surface area contributed by atoms with Crippen LogP contribution in [0.4, 0.5) is 15.6 Å². The van der Waals surface area contributed by atoms with Crippen LogP contribution in [0.3, 0.4) is 0 Å². The van der Waals surface area contributed by atoms with Crippen LogP contribution in [0.25, 0.3) is 0 Å². The lowest BCUT2D eigenvalue weighted by Crippen LogP contribution is -2.37. The van der Waals surface area contributed by atoms with E-state index in [2.05, 4.69) is 20.2 Å². The smallest absolute Gasteiger partial charge is 0.412 e. The van der Waals surface area contributed by atoms with E-state index in [1.807, 2.05) is 5.38 Å². The fourth-order valence-electron chi connectivity index (χ4n) is 3.28. The molecule has 11 nitrogen and oxygen atoms in total. The number of halogens is 2. The number of ether oxygens (including phenoxy) is 2. The van der Waals surface area contributed by atoms with Crippen LogP contribution in [0.1, 0.15) is 15.9 Å². The van der Waals surface area contributed by atoms with E-state index >= 15 is 0 Å². The molecule has 2 aromatic carbocycles. The highest BCUT2D eigenvalue weighted by molar-refractivity contribution is 7.13. The van der Waals surface area contributed by atoms with E-state index < -0.39 is 17.8 Å². The minimum atomic E-state index is -1.38. The Balaban J connectivity index is 1.50. The van der Waals surface area contributed by atoms with Gasteiger partial charge in [0.05, 0.1) is 15.7 Å². The van der Waals surface area contributed by atoms with Crippen molar-refractivity contribution in [1.82, 2.24) is 4.98 Å². The van der Waals surface area contributed by atoms with Crippen LogP contribution >= 0.6 is 34.5 Å². The Morgan fingerprint density at radius 3 is 2.64 bits per heavy atom. The van der Waals surface area contributed by atoms with E-state index in [9.17, 15) is 14.4 Å². The molecule has 2 heterocycles. The molecule has 0 atom stereocenters. The van der Waals surface area contributed by atoms with Gasteiger partial charge in [-0.25, -0.2) is 14.6 Å². The van der Waals surface area contributed by atoms with Crippen molar-refractivity contribution in [2.24, 2.45) is 10.8 Å². The van der Waals surface area contributed by atoms with E-state index in [0.29, 0.717) is 29.4 Å². The first kappa shape index (κ1) is 24.9. The molecule has 2 amide bonds. The van der Waals surface area contributed by atoms with E-state index in [1.54, 1.807) is 29.3 Å². The van der Waals surface area contributed by atoms with Gasteiger partial charge in [0, 0.05) is 23.7 Å². The van der Waals surface area contributed by atoms with E-state index in [-0.39, 0.29) is 27.4 Å². The van der Waals surface area contributed by atoms with Crippen LogP contribution < -0.4 is 20.8 Å². The van der Waals surface area contributed by atoms with Crippen molar-refractivity contribution in [3.05, 3.63) is 63.1 Å². The number of esters is 1. The molecule has 0 unspecified atom stereocenters. The summed E-state index contributed by atoms with van der Waals surface area (Å²) < 4.78 is 9.99. The zero-order valence-electron chi connectivity index (χ0n) is 18.0. The summed E-state index contributed by atoms with van der Waals surface area (Å²) in [5, 5.41) is 15.2. The number of primary amides is 1. The maximum absolute atomic E-state index is 12.9. The summed E-state index contributed by atoms with van der Waals surface area (Å²) in [5.41, 5.74) is 8.01. The van der Waals surface area contributed by atoms with Crippen molar-refractivity contribution in [3.63, 3.8) is 0 Å². The summed E-state index contributed by atoms with van der Waals surface area (Å²) in [6, 6.07) is 9.33. The van der Waals surface area contributed by atoms with Gasteiger partial charge in [0.15, 0.2) is 10.9 Å². The second-order valence-corrected chi connectivity index (χ2v) is 8.79. The second-order valence-electron chi connectivity index (χ2n) is 7.10. The lowest BCUT2D eigenvalue weighted by atomic mass is 9.99. The zero-order chi connectivity index (χ0) is 25.8. The predicted octanol–water partition coefficient (Wildman–Crippen LogP) is 4.36. The number of benzene rings is 2. The molecule has 36 heavy (non-hydrogen) atoms. The Labute approximate surface area is 217 Å². The molecule has 1 aliphatic heterocycles. The molecule has 0 fully saturated rings. The van der Waals surface area contributed by atoms with Crippen LogP contribution in [0.15, 0.2) is 47.0 Å². The number of thiazole rings is 1. The Bertz CT molecular complexity index is 1410. The van der Waals surface area contributed by atoms with Gasteiger partial charge in [0.25, 0.3) is 5.91 Å². The Kier molecular flexibility index (Phi) is 7.35. The number of rotatable bonds is 6. The second kappa shape index (κ2) is 10.6. The highest BCUT2D eigenvalue weighted by Crippen LogP contribution is 2.39. The lowest BCUT2D eigenvalue weighted by Gasteiger charge is -2.26. The molecule has 1 aromatic heterocycles. The van der Waals surface area contributed by atoms with Crippen molar-refractivity contribution in [2.75, 3.05) is 16.9 Å². The van der Waals surface area contributed by atoms with Gasteiger partial charge in [-0.2, -0.15) is 10.4 Å². The number of nitriles is 1. The number of hydrogen-bond donors (Lipinski definition) is 2. The van der Waals surface area contributed by atoms with Gasteiger partial charge >= 0.3 is 12.1 Å². The molecule has 1 aliphatic rings. The number of nitrogens with one attached hydrogen (secondary N) is 1. The quantitative estimate of drug-likeness (QED) is 0.200. The molecule has 0 bridgehead atoms. The predicted molar refractivity (Wildman–Crippen MR) is 133 cm³/mol. The first-order valence-electron chi connectivity index (χ1n) is 10.0. The number of amides is 2. The van der Waals surface area contributed by atoms with Gasteiger partial charge < -0.3 is 15.2 Å². The topological polar surface area (TPSA) is 160 Å². The summed E-state index contributed by atoms with van der Waals surface area (Å²) in [5.74, 6) is -0.891. The minimum Gasteiger partial charge on any atom is -0.454 e. The van der Waals surface area contributed by atoms with Crippen LogP contribution in [-0.2, 0) is 16.0 Å². The number of hydrogen-bond acceptors (Lipinski definition) is 10. The SMILES string of the molecule is N#CC(=NNc1cc(Cl)c(Oc2ccc3c(c2)CCN(c2nccs2)C3=O)c(Cl)c1)C(=O)OC(N)=O. The van der Waals surface area contributed by atoms with E-state index in [0.717, 1.165) is 5.56 Å². The van der Waals surface area contributed by atoms with Gasteiger partial charge in [-0.1, -0.05) is 23.2 Å². The summed E-state index contributed by atoms with van der Waals surface area (Å²) >= 11 is 14.0. The summed E-state index contributed by atoms with van der Waals surface area (Å²) in [7, 11) is 0. The molecule has 4 rings (SSSR count). The molecule has 0 aliphatic carbocycles. The van der Waals surface area contributed by atoms with Crippen LogP contribution in [0.2, 0.25) is 10.0 Å². The number of carbonyl (C=O) groups excluding carboxylic acids is 3. The number of carbonyl (C=O) groups is 3. The van der Waals surface area contributed by atoms with Gasteiger partial charge in [-0.3, -0.25) is 15.1 Å².